The number of likely N-dealkylation sites (N-methyl/N-ethyl adjacent to an activating group) is 1. The van der Waals surface area contributed by atoms with Crippen LogP contribution in [-0.2, 0) is 6.42 Å². The highest BCUT2D eigenvalue weighted by atomic mass is 15.2. The molecule has 3 heteroatoms. The molecule has 2 aliphatic rings. The summed E-state index contributed by atoms with van der Waals surface area (Å²) in [7, 11) is 2.26. The van der Waals surface area contributed by atoms with E-state index < -0.39 is 0 Å². The molecular formula is C22H21N3. The highest BCUT2D eigenvalue weighted by molar-refractivity contribution is 5.69. The van der Waals surface area contributed by atoms with Crippen LogP contribution in [0, 0.1) is 0 Å². The molecule has 1 aromatic heterocycles. The molecule has 0 radical (unpaired) electrons. The molecule has 2 unspecified atom stereocenters. The van der Waals surface area contributed by atoms with Gasteiger partial charge < -0.3 is 0 Å². The van der Waals surface area contributed by atoms with Crippen LogP contribution in [0.15, 0.2) is 60.7 Å². The predicted octanol–water partition coefficient (Wildman–Crippen LogP) is 4.50. The minimum Gasteiger partial charge on any atom is -0.296 e. The number of benzene rings is 2. The number of fused-ring (bicyclic) bond motifs is 4. The average molecular weight is 327 g/mol. The van der Waals surface area contributed by atoms with Crippen LogP contribution in [0.25, 0.3) is 22.6 Å². The molecule has 1 fully saturated rings. The van der Waals surface area contributed by atoms with E-state index in [4.69, 9.17) is 9.97 Å². The van der Waals surface area contributed by atoms with Gasteiger partial charge in [-0.2, -0.15) is 0 Å². The Balaban J connectivity index is 1.75. The Labute approximate surface area is 148 Å². The van der Waals surface area contributed by atoms with E-state index in [0.29, 0.717) is 12.1 Å². The third-order valence-electron chi connectivity index (χ3n) is 5.71. The van der Waals surface area contributed by atoms with Gasteiger partial charge in [0.15, 0.2) is 5.82 Å². The van der Waals surface area contributed by atoms with Crippen LogP contribution in [0.5, 0.6) is 0 Å². The molecule has 25 heavy (non-hydrogen) atoms. The molecule has 5 rings (SSSR count). The lowest BCUT2D eigenvalue weighted by Gasteiger charge is -2.34. The monoisotopic (exact) mass is 327 g/mol. The van der Waals surface area contributed by atoms with Crippen molar-refractivity contribution in [1.29, 1.82) is 0 Å². The Hall–Kier alpha value is -2.52. The first-order valence-electron chi connectivity index (χ1n) is 9.05. The van der Waals surface area contributed by atoms with Crippen molar-refractivity contribution in [2.45, 2.75) is 31.3 Å². The van der Waals surface area contributed by atoms with Crippen LogP contribution in [0.4, 0.5) is 0 Å². The summed E-state index contributed by atoms with van der Waals surface area (Å²) in [6.07, 6.45) is 3.50. The lowest BCUT2D eigenvalue weighted by molar-refractivity contribution is 0.222. The topological polar surface area (TPSA) is 29.0 Å². The normalized spacial score (nSPS) is 22.0. The predicted molar refractivity (Wildman–Crippen MR) is 100 cm³/mol. The molecule has 2 atom stereocenters. The summed E-state index contributed by atoms with van der Waals surface area (Å²) in [5.41, 5.74) is 5.99. The fraction of sp³-hybridized carbons (Fsp3) is 0.273. The zero-order chi connectivity index (χ0) is 16.8. The van der Waals surface area contributed by atoms with Crippen LogP contribution in [0.3, 0.4) is 0 Å². The summed E-state index contributed by atoms with van der Waals surface area (Å²) >= 11 is 0. The number of hydrogen-bond acceptors (Lipinski definition) is 3. The summed E-state index contributed by atoms with van der Waals surface area (Å²) in [4.78, 5) is 12.6. The summed E-state index contributed by atoms with van der Waals surface area (Å²) in [5, 5.41) is 0. The van der Waals surface area contributed by atoms with E-state index >= 15 is 0 Å². The van der Waals surface area contributed by atoms with Gasteiger partial charge in [-0.1, -0.05) is 60.7 Å². The van der Waals surface area contributed by atoms with Gasteiger partial charge >= 0.3 is 0 Å². The first-order valence-corrected chi connectivity index (χ1v) is 9.05. The Kier molecular flexibility index (Phi) is 3.42. The summed E-state index contributed by atoms with van der Waals surface area (Å²) in [6.45, 7) is 0. The smallest absolute Gasteiger partial charge is 0.160 e. The molecule has 0 amide bonds. The van der Waals surface area contributed by atoms with Gasteiger partial charge in [0.05, 0.1) is 11.4 Å². The number of nitrogens with zero attached hydrogens (tertiary/aromatic N) is 3. The van der Waals surface area contributed by atoms with Crippen molar-refractivity contribution in [2.75, 3.05) is 7.05 Å². The second-order valence-electron chi connectivity index (χ2n) is 7.10. The van der Waals surface area contributed by atoms with E-state index in [9.17, 15) is 0 Å². The van der Waals surface area contributed by atoms with Gasteiger partial charge in [-0.3, -0.25) is 4.90 Å². The number of rotatable bonds is 2. The second-order valence-corrected chi connectivity index (χ2v) is 7.10. The van der Waals surface area contributed by atoms with Crippen LogP contribution >= 0.6 is 0 Å². The maximum absolute atomic E-state index is 5.04. The maximum atomic E-state index is 5.04. The largest absolute Gasteiger partial charge is 0.296 e. The quantitative estimate of drug-likeness (QED) is 0.694. The van der Waals surface area contributed by atoms with Gasteiger partial charge in [0.2, 0.25) is 0 Å². The molecular weight excluding hydrogens is 306 g/mol. The van der Waals surface area contributed by atoms with E-state index in [1.807, 2.05) is 6.07 Å². The van der Waals surface area contributed by atoms with Crippen molar-refractivity contribution in [2.24, 2.45) is 0 Å². The first-order chi connectivity index (χ1) is 12.3. The fourth-order valence-corrected chi connectivity index (χ4v) is 4.38. The van der Waals surface area contributed by atoms with Crippen molar-refractivity contribution in [3.8, 4) is 22.6 Å². The molecule has 0 spiro atoms. The minimum absolute atomic E-state index is 0.453. The number of hydrogen-bond donors (Lipinski definition) is 0. The van der Waals surface area contributed by atoms with E-state index in [1.54, 1.807) is 0 Å². The Morgan fingerprint density at radius 1 is 0.840 bits per heavy atom. The first kappa shape index (κ1) is 14.8. The van der Waals surface area contributed by atoms with Gasteiger partial charge in [0.1, 0.15) is 0 Å². The Morgan fingerprint density at radius 2 is 1.52 bits per heavy atom. The van der Waals surface area contributed by atoms with Gasteiger partial charge in [-0.05, 0) is 19.9 Å². The molecule has 2 aliphatic heterocycles. The Morgan fingerprint density at radius 3 is 2.24 bits per heavy atom. The van der Waals surface area contributed by atoms with E-state index in [2.05, 4.69) is 66.5 Å². The average Bonchev–Trinajstić information content (AvgIpc) is 2.91. The molecule has 2 bridgehead atoms. The SMILES string of the molecule is CN1C2CCC1c1c(nc(-c3ccccc3)nc1-c1ccccc1)C2. The van der Waals surface area contributed by atoms with Crippen LogP contribution in [0.1, 0.15) is 30.1 Å². The minimum atomic E-state index is 0.453. The molecule has 0 aliphatic carbocycles. The zero-order valence-corrected chi connectivity index (χ0v) is 14.4. The van der Waals surface area contributed by atoms with Gasteiger partial charge in [0, 0.05) is 35.2 Å². The molecule has 0 N–H and O–H groups in total. The van der Waals surface area contributed by atoms with Gasteiger partial charge in [0.25, 0.3) is 0 Å². The maximum Gasteiger partial charge on any atom is 0.160 e. The second kappa shape index (κ2) is 5.78. The highest BCUT2D eigenvalue weighted by Crippen LogP contribution is 2.45. The van der Waals surface area contributed by atoms with Crippen molar-refractivity contribution in [3.05, 3.63) is 71.9 Å². The van der Waals surface area contributed by atoms with Crippen molar-refractivity contribution in [1.82, 2.24) is 14.9 Å². The van der Waals surface area contributed by atoms with E-state index in [-0.39, 0.29) is 0 Å². The lowest BCUT2D eigenvalue weighted by Crippen LogP contribution is -2.35. The van der Waals surface area contributed by atoms with E-state index in [0.717, 1.165) is 23.5 Å². The van der Waals surface area contributed by atoms with Crippen molar-refractivity contribution >= 4 is 0 Å². The standard InChI is InChI=1S/C22H21N3/c1-25-17-12-13-19(25)20-18(14-17)23-22(16-10-6-3-7-11-16)24-21(20)15-8-4-2-5-9-15/h2-11,17,19H,12-14H2,1H3. The molecule has 1 saturated heterocycles. The summed E-state index contributed by atoms with van der Waals surface area (Å²) in [6, 6.07) is 22.0. The third kappa shape index (κ3) is 2.38. The van der Waals surface area contributed by atoms with Crippen LogP contribution < -0.4 is 0 Å². The van der Waals surface area contributed by atoms with Gasteiger partial charge in [-0.25, -0.2) is 9.97 Å². The molecule has 3 aromatic rings. The molecule has 3 nitrogen and oxygen atoms in total. The zero-order valence-electron chi connectivity index (χ0n) is 14.4. The third-order valence-corrected chi connectivity index (χ3v) is 5.71. The lowest BCUT2D eigenvalue weighted by atomic mass is 9.93. The van der Waals surface area contributed by atoms with Crippen molar-refractivity contribution < 1.29 is 0 Å². The van der Waals surface area contributed by atoms with E-state index in [1.165, 1.54) is 29.7 Å². The van der Waals surface area contributed by atoms with Crippen LogP contribution in [-0.4, -0.2) is 28.0 Å². The van der Waals surface area contributed by atoms with Crippen LogP contribution in [0.2, 0.25) is 0 Å². The van der Waals surface area contributed by atoms with Crippen molar-refractivity contribution in [3.63, 3.8) is 0 Å². The van der Waals surface area contributed by atoms with Gasteiger partial charge in [-0.15, -0.1) is 0 Å². The fourth-order valence-electron chi connectivity index (χ4n) is 4.38. The molecule has 3 heterocycles. The molecule has 124 valence electrons. The summed E-state index contributed by atoms with van der Waals surface area (Å²) < 4.78 is 0. The number of aromatic nitrogens is 2. The highest BCUT2D eigenvalue weighted by Gasteiger charge is 2.40. The summed E-state index contributed by atoms with van der Waals surface area (Å²) in [5.74, 6) is 0.849. The molecule has 0 saturated carbocycles. The molecule has 2 aromatic carbocycles. The Bertz CT molecular complexity index is 905.